The van der Waals surface area contributed by atoms with Crippen molar-refractivity contribution in [3.8, 4) is 0 Å². The predicted octanol–water partition coefficient (Wildman–Crippen LogP) is 3.62. The summed E-state index contributed by atoms with van der Waals surface area (Å²) in [6.07, 6.45) is 4.61. The predicted molar refractivity (Wildman–Crippen MR) is 197 cm³/mol. The van der Waals surface area contributed by atoms with E-state index in [1.807, 2.05) is 78.9 Å². The highest BCUT2D eigenvalue weighted by Crippen LogP contribution is 2.47. The molecule has 2 aliphatic carbocycles. The highest BCUT2D eigenvalue weighted by atomic mass is 16.7. The summed E-state index contributed by atoms with van der Waals surface area (Å²) < 4.78 is 25.2. The molecule has 0 unspecified atom stereocenters. The Kier molecular flexibility index (Phi) is 14.1. The number of Topliss-reactive ketones (excluding diaryl/α,β-unsaturated/α-hetero) is 2. The number of carbonyl (C=O) groups excluding carboxylic acids is 2. The van der Waals surface area contributed by atoms with Gasteiger partial charge in [-0.15, -0.1) is 0 Å². The molecule has 2 spiro atoms. The minimum atomic E-state index is -0.915. The lowest BCUT2D eigenvalue weighted by Crippen LogP contribution is -2.60. The van der Waals surface area contributed by atoms with Crippen LogP contribution < -0.4 is 0 Å². The summed E-state index contributed by atoms with van der Waals surface area (Å²) in [5.41, 5.74) is 0.838. The molecule has 0 radical (unpaired) electrons. The molecule has 2 saturated carbocycles. The molecule has 0 bridgehead atoms. The van der Waals surface area contributed by atoms with Crippen molar-refractivity contribution in [2.24, 2.45) is 0 Å². The monoisotopic (exact) mass is 735 g/mol. The molecule has 4 fully saturated rings. The van der Waals surface area contributed by atoms with E-state index >= 15 is 0 Å². The molecule has 3 aromatic carbocycles. The molecule has 0 atom stereocenters. The summed E-state index contributed by atoms with van der Waals surface area (Å²) in [6.45, 7) is 0.859. The molecule has 7 rings (SSSR count). The van der Waals surface area contributed by atoms with Gasteiger partial charge < -0.3 is 44.5 Å². The van der Waals surface area contributed by atoms with E-state index in [4.69, 9.17) is 34.3 Å². The molecule has 2 aliphatic heterocycles. The van der Waals surface area contributed by atoms with Crippen molar-refractivity contribution in [1.82, 2.24) is 0 Å². The van der Waals surface area contributed by atoms with E-state index in [0.29, 0.717) is 77.8 Å². The Morgan fingerprint density at radius 1 is 0.491 bits per heavy atom. The van der Waals surface area contributed by atoms with Crippen LogP contribution in [0.5, 0.6) is 0 Å². The third kappa shape index (κ3) is 9.48. The molecule has 5 N–H and O–H groups in total. The number of aliphatic hydroxyl groups excluding tert-OH is 5. The van der Waals surface area contributed by atoms with Crippen LogP contribution in [0, 0.1) is 0 Å². The van der Waals surface area contributed by atoms with Gasteiger partial charge in [-0.3, -0.25) is 9.59 Å². The second kappa shape index (κ2) is 18.3. The van der Waals surface area contributed by atoms with Crippen LogP contribution in [-0.4, -0.2) is 108 Å². The van der Waals surface area contributed by atoms with Gasteiger partial charge >= 0.3 is 1.43 Å². The van der Waals surface area contributed by atoms with Crippen LogP contribution in [0.1, 0.15) is 69.5 Å². The van der Waals surface area contributed by atoms with Gasteiger partial charge in [-0.25, -0.2) is 0 Å². The third-order valence-corrected chi connectivity index (χ3v) is 11.3. The van der Waals surface area contributed by atoms with Gasteiger partial charge in [0.1, 0.15) is 11.6 Å². The van der Waals surface area contributed by atoms with Gasteiger partial charge in [-0.05, 0) is 16.7 Å². The van der Waals surface area contributed by atoms with Gasteiger partial charge in [0, 0.05) is 51.4 Å². The van der Waals surface area contributed by atoms with Crippen molar-refractivity contribution in [2.45, 2.75) is 79.2 Å². The van der Waals surface area contributed by atoms with E-state index in [-0.39, 0.29) is 46.0 Å². The standard InChI is InChI=1S/C26H32O6.C10H14O3.C6H8O2/c27-15-23(21-7-3-1-4-8-21)17-29-25(30-18-23)11-13-26(14-12-25)31-19-24(16-28,20-32-26)22-9-5-2-6-10-22;11-6-10(7-12,8-13)9-4-2-1-3-5-9;7-5-1-2-6(8)4-3-5/h1-10,27-28H,11-20H2;1-5,11-13H,6-8H2;1-4H2/p+1. The lowest BCUT2D eigenvalue weighted by molar-refractivity contribution is -0.358. The Morgan fingerprint density at radius 2 is 0.792 bits per heavy atom. The van der Waals surface area contributed by atoms with E-state index in [9.17, 15) is 19.8 Å². The third-order valence-electron chi connectivity index (χ3n) is 11.3. The van der Waals surface area contributed by atoms with Crippen molar-refractivity contribution in [3.05, 3.63) is 108 Å². The van der Waals surface area contributed by atoms with E-state index < -0.39 is 27.8 Å². The molecular formula is C42H55O11+. The summed E-state index contributed by atoms with van der Waals surface area (Å²) in [4.78, 5) is 20.9. The van der Waals surface area contributed by atoms with Crippen LogP contribution in [0.4, 0.5) is 0 Å². The fraction of sp³-hybridized carbons (Fsp3) is 0.524. The number of hydrogen-bond donors (Lipinski definition) is 5. The van der Waals surface area contributed by atoms with Crippen LogP contribution >= 0.6 is 0 Å². The molecule has 2 saturated heterocycles. The lowest BCUT2D eigenvalue weighted by atomic mass is 9.79. The smallest absolute Gasteiger partial charge is 0.395 e. The molecule has 11 nitrogen and oxygen atoms in total. The number of hydrogen-bond acceptors (Lipinski definition) is 11. The number of benzene rings is 3. The Balaban J connectivity index is 0.000000243. The topological polar surface area (TPSA) is 172 Å². The SMILES string of the molecule is O=C1CCC(=O)CC1.OCC(CO)(CO)c1ccccc1.OCC1(c2ccccc2)COC2(CCC3(CC2)OCC(CO)(c2ccccc2)CO3)OC1.[H+]. The van der Waals surface area contributed by atoms with E-state index in [1.165, 1.54) is 0 Å². The van der Waals surface area contributed by atoms with Crippen molar-refractivity contribution in [1.29, 1.82) is 0 Å². The molecule has 53 heavy (non-hydrogen) atoms. The van der Waals surface area contributed by atoms with E-state index in [2.05, 4.69) is 0 Å². The normalized spacial score (nSPS) is 28.8. The van der Waals surface area contributed by atoms with Crippen molar-refractivity contribution >= 4 is 11.6 Å². The summed E-state index contributed by atoms with van der Waals surface area (Å²) in [6, 6.07) is 28.9. The first-order valence-electron chi connectivity index (χ1n) is 18.5. The Bertz CT molecular complexity index is 1440. The van der Waals surface area contributed by atoms with Crippen LogP contribution in [0.15, 0.2) is 91.0 Å². The molecule has 2 heterocycles. The van der Waals surface area contributed by atoms with E-state index in [1.54, 1.807) is 12.1 Å². The second-order valence-corrected chi connectivity index (χ2v) is 14.8. The van der Waals surface area contributed by atoms with Crippen molar-refractivity contribution < 1.29 is 55.5 Å². The summed E-state index contributed by atoms with van der Waals surface area (Å²) in [5.74, 6) is -0.832. The number of rotatable bonds is 8. The maximum Gasteiger partial charge on any atom is 1.00 e. The van der Waals surface area contributed by atoms with Crippen LogP contribution in [-0.2, 0) is 44.8 Å². The first-order valence-corrected chi connectivity index (χ1v) is 18.5. The first-order chi connectivity index (χ1) is 25.6. The molecule has 0 aromatic heterocycles. The van der Waals surface area contributed by atoms with Crippen molar-refractivity contribution in [2.75, 3.05) is 59.5 Å². The minimum absolute atomic E-state index is 0. The van der Waals surface area contributed by atoms with Gasteiger partial charge in [0.2, 0.25) is 0 Å². The Hall–Kier alpha value is -3.36. The van der Waals surface area contributed by atoms with Gasteiger partial charge in [0.25, 0.3) is 0 Å². The molecule has 288 valence electrons. The van der Waals surface area contributed by atoms with Crippen LogP contribution in [0.2, 0.25) is 0 Å². The van der Waals surface area contributed by atoms with Crippen LogP contribution in [0.25, 0.3) is 0 Å². The highest BCUT2D eigenvalue weighted by molar-refractivity contribution is 5.92. The molecule has 11 heteroatoms. The number of ether oxygens (including phenoxy) is 4. The fourth-order valence-electron chi connectivity index (χ4n) is 7.14. The summed E-state index contributed by atoms with van der Waals surface area (Å²) in [5, 5.41) is 47.6. The number of ketones is 2. The maximum absolute atomic E-state index is 10.5. The minimum Gasteiger partial charge on any atom is -0.395 e. The Labute approximate surface area is 313 Å². The van der Waals surface area contributed by atoms with Gasteiger partial charge in [0.05, 0.1) is 75.7 Å². The maximum atomic E-state index is 10.5. The highest BCUT2D eigenvalue weighted by Gasteiger charge is 2.54. The first kappa shape index (κ1) is 40.8. The summed E-state index contributed by atoms with van der Waals surface area (Å²) in [7, 11) is 0. The number of aliphatic hydroxyl groups is 5. The van der Waals surface area contributed by atoms with Crippen LogP contribution in [0.3, 0.4) is 0 Å². The Morgan fingerprint density at radius 3 is 1.08 bits per heavy atom. The zero-order chi connectivity index (χ0) is 37.8. The molecule has 3 aromatic rings. The van der Waals surface area contributed by atoms with Gasteiger partial charge in [-0.1, -0.05) is 91.0 Å². The molecular weight excluding hydrogens is 680 g/mol. The van der Waals surface area contributed by atoms with Gasteiger partial charge in [0.15, 0.2) is 11.6 Å². The average molecular weight is 736 g/mol. The fourth-order valence-corrected chi connectivity index (χ4v) is 7.14. The second-order valence-electron chi connectivity index (χ2n) is 14.8. The molecule has 4 aliphatic rings. The van der Waals surface area contributed by atoms with E-state index in [0.717, 1.165) is 16.7 Å². The average Bonchev–Trinajstić information content (AvgIpc) is 3.24. The summed E-state index contributed by atoms with van der Waals surface area (Å²) >= 11 is 0. The quantitative estimate of drug-likeness (QED) is 0.229. The molecule has 0 amide bonds. The lowest BCUT2D eigenvalue weighted by Gasteiger charge is -2.53. The van der Waals surface area contributed by atoms with Crippen molar-refractivity contribution in [3.63, 3.8) is 0 Å². The van der Waals surface area contributed by atoms with Gasteiger partial charge in [-0.2, -0.15) is 0 Å². The zero-order valence-electron chi connectivity index (χ0n) is 31.4. The largest absolute Gasteiger partial charge is 1.00 e. The zero-order valence-corrected chi connectivity index (χ0v) is 30.4. The number of carbonyl (C=O) groups is 2.